The lowest BCUT2D eigenvalue weighted by molar-refractivity contribution is 0.380. The van der Waals surface area contributed by atoms with Crippen LogP contribution in [0.25, 0.3) is 10.8 Å². The Kier molecular flexibility index (Phi) is 4.10. The molecule has 3 aromatic carbocycles. The molecule has 122 valence electrons. The van der Waals surface area contributed by atoms with Crippen molar-refractivity contribution in [2.75, 3.05) is 0 Å². The fourth-order valence-electron chi connectivity index (χ4n) is 4.48. The maximum Gasteiger partial charge on any atom is 0.123 e. The first-order valence-electron chi connectivity index (χ1n) is 9.04. The van der Waals surface area contributed by atoms with Crippen LogP contribution >= 0.6 is 0 Å². The van der Waals surface area contributed by atoms with Crippen LogP contribution in [0.3, 0.4) is 0 Å². The molecule has 0 aliphatic heterocycles. The Morgan fingerprint density at radius 3 is 2.54 bits per heavy atom. The summed E-state index contributed by atoms with van der Waals surface area (Å²) in [5.41, 5.74) is 4.20. The Labute approximate surface area is 143 Å². The molecule has 0 saturated carbocycles. The molecule has 0 spiro atoms. The minimum absolute atomic E-state index is 0.152. The van der Waals surface area contributed by atoms with Crippen LogP contribution in [0, 0.1) is 11.7 Å². The van der Waals surface area contributed by atoms with Crippen molar-refractivity contribution in [3.8, 4) is 0 Å². The summed E-state index contributed by atoms with van der Waals surface area (Å²) in [5, 5.41) is 2.71. The number of aryl methyl sites for hydroxylation is 1. The summed E-state index contributed by atoms with van der Waals surface area (Å²) in [4.78, 5) is 0. The number of rotatable bonds is 3. The van der Waals surface area contributed by atoms with Crippen LogP contribution < -0.4 is 0 Å². The monoisotopic (exact) mass is 318 g/mol. The third-order valence-corrected chi connectivity index (χ3v) is 5.54. The zero-order valence-electron chi connectivity index (χ0n) is 14.1. The predicted molar refractivity (Wildman–Crippen MR) is 98.9 cm³/mol. The van der Waals surface area contributed by atoms with E-state index in [9.17, 15) is 4.39 Å². The van der Waals surface area contributed by atoms with Gasteiger partial charge in [0, 0.05) is 5.92 Å². The van der Waals surface area contributed by atoms with Crippen molar-refractivity contribution in [3.05, 3.63) is 83.2 Å². The molecule has 1 aliphatic rings. The van der Waals surface area contributed by atoms with Crippen molar-refractivity contribution in [2.24, 2.45) is 5.92 Å². The Hall–Kier alpha value is -2.15. The molecule has 3 aromatic rings. The molecule has 0 fully saturated rings. The van der Waals surface area contributed by atoms with E-state index in [1.165, 1.54) is 46.7 Å². The van der Waals surface area contributed by atoms with Gasteiger partial charge in [-0.05, 0) is 64.8 Å². The molecule has 0 bridgehead atoms. The maximum absolute atomic E-state index is 13.4. The number of benzene rings is 3. The van der Waals surface area contributed by atoms with E-state index in [1.807, 2.05) is 12.1 Å². The van der Waals surface area contributed by atoms with Crippen molar-refractivity contribution >= 4 is 10.8 Å². The van der Waals surface area contributed by atoms with Crippen LogP contribution in [0.2, 0.25) is 0 Å². The third kappa shape index (κ3) is 2.62. The van der Waals surface area contributed by atoms with E-state index in [1.54, 1.807) is 12.1 Å². The lowest BCUT2D eigenvalue weighted by atomic mass is 9.69. The molecule has 4 rings (SSSR count). The van der Waals surface area contributed by atoms with Crippen LogP contribution in [0.1, 0.15) is 48.8 Å². The molecule has 1 aliphatic carbocycles. The van der Waals surface area contributed by atoms with Gasteiger partial charge >= 0.3 is 0 Å². The van der Waals surface area contributed by atoms with Gasteiger partial charge in [0.2, 0.25) is 0 Å². The topological polar surface area (TPSA) is 0 Å². The first kappa shape index (κ1) is 15.4. The molecular weight excluding hydrogens is 295 g/mol. The van der Waals surface area contributed by atoms with Gasteiger partial charge in [0.25, 0.3) is 0 Å². The van der Waals surface area contributed by atoms with Crippen LogP contribution in [0.15, 0.2) is 60.7 Å². The van der Waals surface area contributed by atoms with Gasteiger partial charge in [0.05, 0.1) is 0 Å². The molecule has 0 nitrogen and oxygen atoms in total. The fraction of sp³-hybridized carbons (Fsp3) is 0.304. The molecule has 24 heavy (non-hydrogen) atoms. The van der Waals surface area contributed by atoms with Crippen molar-refractivity contribution < 1.29 is 4.39 Å². The molecular formula is C23H23F. The van der Waals surface area contributed by atoms with Gasteiger partial charge in [-0.3, -0.25) is 0 Å². The highest BCUT2D eigenvalue weighted by atomic mass is 19.1. The first-order valence-corrected chi connectivity index (χ1v) is 9.04. The minimum atomic E-state index is -0.152. The van der Waals surface area contributed by atoms with Crippen LogP contribution in [-0.2, 0) is 6.42 Å². The first-order chi connectivity index (χ1) is 11.8. The van der Waals surface area contributed by atoms with Crippen LogP contribution in [0.4, 0.5) is 4.39 Å². The van der Waals surface area contributed by atoms with E-state index >= 15 is 0 Å². The normalized spacial score (nSPS) is 20.1. The van der Waals surface area contributed by atoms with Gasteiger partial charge in [-0.2, -0.15) is 0 Å². The molecule has 2 atom stereocenters. The zero-order valence-corrected chi connectivity index (χ0v) is 14.1. The molecule has 0 aromatic heterocycles. The molecule has 0 amide bonds. The summed E-state index contributed by atoms with van der Waals surface area (Å²) in [6.07, 6.45) is 4.80. The number of hydrogen-bond donors (Lipinski definition) is 0. The number of fused-ring (bicyclic) bond motifs is 3. The van der Waals surface area contributed by atoms with Crippen molar-refractivity contribution in [3.63, 3.8) is 0 Å². The average molecular weight is 318 g/mol. The van der Waals surface area contributed by atoms with E-state index in [4.69, 9.17) is 0 Å². The van der Waals surface area contributed by atoms with Crippen LogP contribution in [0.5, 0.6) is 0 Å². The van der Waals surface area contributed by atoms with Gasteiger partial charge < -0.3 is 0 Å². The summed E-state index contributed by atoms with van der Waals surface area (Å²) in [6, 6.07) is 20.4. The fourth-order valence-corrected chi connectivity index (χ4v) is 4.48. The molecule has 0 saturated heterocycles. The summed E-state index contributed by atoms with van der Waals surface area (Å²) in [6.45, 7) is 2.26. The van der Waals surface area contributed by atoms with E-state index in [0.29, 0.717) is 11.8 Å². The smallest absolute Gasteiger partial charge is 0.123 e. The predicted octanol–water partition coefficient (Wildman–Crippen LogP) is 6.47. The molecule has 1 heteroatoms. The second-order valence-corrected chi connectivity index (χ2v) is 6.97. The van der Waals surface area contributed by atoms with Crippen molar-refractivity contribution in [1.29, 1.82) is 0 Å². The lowest BCUT2D eigenvalue weighted by Crippen LogP contribution is -2.22. The second-order valence-electron chi connectivity index (χ2n) is 6.97. The second kappa shape index (κ2) is 6.39. The van der Waals surface area contributed by atoms with Gasteiger partial charge in [0.15, 0.2) is 0 Å². The standard InChI is InChI=1S/C23H23F/c1-2-5-17-11-14-21-20-7-4-3-6-16(20)10-15-22(21)23(17)18-8-12-19(24)13-9-18/h3-4,6-10,12-13,15,17,23H,2,5,11,14H2,1H3. The van der Waals surface area contributed by atoms with E-state index in [-0.39, 0.29) is 5.82 Å². The highest BCUT2D eigenvalue weighted by molar-refractivity contribution is 5.87. The van der Waals surface area contributed by atoms with Crippen LogP contribution in [-0.4, -0.2) is 0 Å². The zero-order chi connectivity index (χ0) is 16.5. The van der Waals surface area contributed by atoms with Gasteiger partial charge in [-0.15, -0.1) is 0 Å². The lowest BCUT2D eigenvalue weighted by Gasteiger charge is -2.35. The highest BCUT2D eigenvalue weighted by Gasteiger charge is 2.31. The quantitative estimate of drug-likeness (QED) is 0.519. The van der Waals surface area contributed by atoms with Crippen molar-refractivity contribution in [2.45, 2.75) is 38.5 Å². The Balaban J connectivity index is 1.88. The molecule has 2 unspecified atom stereocenters. The van der Waals surface area contributed by atoms with Gasteiger partial charge in [-0.1, -0.05) is 61.9 Å². The third-order valence-electron chi connectivity index (χ3n) is 5.54. The number of halogens is 1. The average Bonchev–Trinajstić information content (AvgIpc) is 2.62. The molecule has 0 N–H and O–H groups in total. The molecule has 0 radical (unpaired) electrons. The van der Waals surface area contributed by atoms with E-state index in [2.05, 4.69) is 43.3 Å². The Morgan fingerprint density at radius 1 is 0.958 bits per heavy atom. The van der Waals surface area contributed by atoms with E-state index < -0.39 is 0 Å². The largest absolute Gasteiger partial charge is 0.207 e. The van der Waals surface area contributed by atoms with Crippen molar-refractivity contribution in [1.82, 2.24) is 0 Å². The summed E-state index contributed by atoms with van der Waals surface area (Å²) < 4.78 is 13.4. The van der Waals surface area contributed by atoms with Gasteiger partial charge in [0.1, 0.15) is 5.82 Å². The summed E-state index contributed by atoms with van der Waals surface area (Å²) in [7, 11) is 0. The number of hydrogen-bond acceptors (Lipinski definition) is 0. The summed E-state index contributed by atoms with van der Waals surface area (Å²) in [5.74, 6) is 0.883. The Morgan fingerprint density at radius 2 is 1.75 bits per heavy atom. The van der Waals surface area contributed by atoms with Gasteiger partial charge in [-0.25, -0.2) is 4.39 Å². The minimum Gasteiger partial charge on any atom is -0.207 e. The SMILES string of the molecule is CCCC1CCc2c(ccc3ccccc23)C1c1ccc(F)cc1. The molecule has 0 heterocycles. The summed E-state index contributed by atoms with van der Waals surface area (Å²) >= 11 is 0. The van der Waals surface area contributed by atoms with E-state index in [0.717, 1.165) is 6.42 Å². The Bertz CT molecular complexity index is 848. The highest BCUT2D eigenvalue weighted by Crippen LogP contribution is 2.44. The maximum atomic E-state index is 13.4.